The van der Waals surface area contributed by atoms with Crippen molar-refractivity contribution in [1.29, 1.82) is 0 Å². The summed E-state index contributed by atoms with van der Waals surface area (Å²) in [7, 11) is 0. The number of H-pyrrole nitrogens is 2. The second-order valence-corrected chi connectivity index (χ2v) is 3.69. The highest BCUT2D eigenvalue weighted by molar-refractivity contribution is 5.99. The van der Waals surface area contributed by atoms with Gasteiger partial charge >= 0.3 is 11.7 Å². The molecule has 0 spiro atoms. The summed E-state index contributed by atoms with van der Waals surface area (Å²) in [5.41, 5.74) is -2.04. The van der Waals surface area contributed by atoms with E-state index in [-0.39, 0.29) is 11.4 Å². The number of halogens is 2. The summed E-state index contributed by atoms with van der Waals surface area (Å²) < 4.78 is 26.0. The fourth-order valence-electron chi connectivity index (χ4n) is 1.37. The number of aromatic nitrogens is 2. The second-order valence-electron chi connectivity index (χ2n) is 3.69. The van der Waals surface area contributed by atoms with Crippen LogP contribution in [0.3, 0.4) is 0 Å². The van der Waals surface area contributed by atoms with Crippen LogP contribution in [-0.2, 0) is 0 Å². The molecule has 0 saturated heterocycles. The van der Waals surface area contributed by atoms with E-state index < -0.39 is 28.9 Å². The van der Waals surface area contributed by atoms with Crippen molar-refractivity contribution in [2.24, 2.45) is 0 Å². The number of urea groups is 1. The molecule has 2 amide bonds. The molecule has 1 aromatic heterocycles. The molecule has 104 valence electrons. The summed E-state index contributed by atoms with van der Waals surface area (Å²) in [6.07, 6.45) is 0.988. The Morgan fingerprint density at radius 1 is 1.10 bits per heavy atom. The molecular formula is C11H8F2N4O3. The molecule has 2 rings (SSSR count). The third kappa shape index (κ3) is 3.07. The van der Waals surface area contributed by atoms with Crippen LogP contribution >= 0.6 is 0 Å². The number of anilines is 2. The number of rotatable bonds is 2. The second kappa shape index (κ2) is 5.34. The maximum absolute atomic E-state index is 13.3. The summed E-state index contributed by atoms with van der Waals surface area (Å²) in [6.45, 7) is 0. The third-order valence-corrected chi connectivity index (χ3v) is 2.25. The maximum Gasteiger partial charge on any atom is 0.325 e. The first-order valence-electron chi connectivity index (χ1n) is 5.31. The van der Waals surface area contributed by atoms with Crippen molar-refractivity contribution in [2.75, 3.05) is 10.6 Å². The zero-order chi connectivity index (χ0) is 14.7. The molecule has 20 heavy (non-hydrogen) atoms. The van der Waals surface area contributed by atoms with E-state index in [9.17, 15) is 23.2 Å². The van der Waals surface area contributed by atoms with Crippen LogP contribution in [0.4, 0.5) is 25.0 Å². The SMILES string of the molecule is O=C(Nc1ccc(F)cc1F)Nc1c[nH]c(=O)[nH]c1=O. The van der Waals surface area contributed by atoms with E-state index in [4.69, 9.17) is 0 Å². The number of hydrogen-bond donors (Lipinski definition) is 4. The Hall–Kier alpha value is -2.97. The van der Waals surface area contributed by atoms with Crippen LogP contribution in [0, 0.1) is 11.6 Å². The van der Waals surface area contributed by atoms with E-state index in [1.807, 2.05) is 4.98 Å². The first kappa shape index (κ1) is 13.5. The highest BCUT2D eigenvalue weighted by Gasteiger charge is 2.09. The lowest BCUT2D eigenvalue weighted by Gasteiger charge is -2.07. The average molecular weight is 282 g/mol. The molecule has 0 fully saturated rings. The standard InChI is InChI=1S/C11H8F2N4O3/c12-5-1-2-7(6(13)3-5)15-11(20)16-8-4-14-10(19)17-9(8)18/h1-4H,(H2,15,16,20)(H2,14,17,18,19). The van der Waals surface area contributed by atoms with Crippen molar-refractivity contribution in [3.63, 3.8) is 0 Å². The minimum Gasteiger partial charge on any atom is -0.312 e. The molecular weight excluding hydrogens is 274 g/mol. The van der Waals surface area contributed by atoms with Crippen molar-refractivity contribution in [2.45, 2.75) is 0 Å². The van der Waals surface area contributed by atoms with Crippen LogP contribution in [-0.4, -0.2) is 16.0 Å². The first-order valence-corrected chi connectivity index (χ1v) is 5.31. The van der Waals surface area contributed by atoms with E-state index in [2.05, 4.69) is 15.6 Å². The number of amides is 2. The highest BCUT2D eigenvalue weighted by Crippen LogP contribution is 2.14. The van der Waals surface area contributed by atoms with Crippen LogP contribution in [0.2, 0.25) is 0 Å². The summed E-state index contributed by atoms with van der Waals surface area (Å²) in [5.74, 6) is -1.75. The topological polar surface area (TPSA) is 107 Å². The Morgan fingerprint density at radius 3 is 2.45 bits per heavy atom. The summed E-state index contributed by atoms with van der Waals surface area (Å²) in [4.78, 5) is 37.6. The van der Waals surface area contributed by atoms with Crippen molar-refractivity contribution >= 4 is 17.4 Å². The molecule has 0 atom stereocenters. The van der Waals surface area contributed by atoms with Crippen molar-refractivity contribution < 1.29 is 13.6 Å². The summed E-state index contributed by atoms with van der Waals surface area (Å²) >= 11 is 0. The van der Waals surface area contributed by atoms with Gasteiger partial charge in [0.05, 0.1) is 5.69 Å². The molecule has 1 aromatic carbocycles. The van der Waals surface area contributed by atoms with Gasteiger partial charge in [0.1, 0.15) is 17.3 Å². The molecule has 0 saturated carbocycles. The Labute approximate surface area is 109 Å². The fraction of sp³-hybridized carbons (Fsp3) is 0. The molecule has 4 N–H and O–H groups in total. The zero-order valence-electron chi connectivity index (χ0n) is 9.79. The Bertz CT molecular complexity index is 769. The Balaban J connectivity index is 2.13. The van der Waals surface area contributed by atoms with Crippen molar-refractivity contribution in [1.82, 2.24) is 9.97 Å². The normalized spacial score (nSPS) is 10.1. The summed E-state index contributed by atoms with van der Waals surface area (Å²) in [6, 6.07) is 1.67. The minimum absolute atomic E-state index is 0.232. The van der Waals surface area contributed by atoms with E-state index in [0.29, 0.717) is 6.07 Å². The number of hydrogen-bond acceptors (Lipinski definition) is 3. The van der Waals surface area contributed by atoms with Crippen molar-refractivity contribution in [3.05, 3.63) is 56.9 Å². The number of carbonyl (C=O) groups is 1. The van der Waals surface area contributed by atoms with Crippen LogP contribution in [0.5, 0.6) is 0 Å². The van der Waals surface area contributed by atoms with Gasteiger partial charge in [-0.3, -0.25) is 9.78 Å². The van der Waals surface area contributed by atoms with Crippen molar-refractivity contribution in [3.8, 4) is 0 Å². The smallest absolute Gasteiger partial charge is 0.312 e. The quantitative estimate of drug-likeness (QED) is 0.659. The van der Waals surface area contributed by atoms with Gasteiger partial charge in [-0.15, -0.1) is 0 Å². The summed E-state index contributed by atoms with van der Waals surface area (Å²) in [5, 5.41) is 4.19. The molecule has 0 aliphatic heterocycles. The molecule has 0 unspecified atom stereocenters. The fourth-order valence-corrected chi connectivity index (χ4v) is 1.37. The minimum atomic E-state index is -0.962. The van der Waals surface area contributed by atoms with Gasteiger partial charge in [0.25, 0.3) is 5.56 Å². The lowest BCUT2D eigenvalue weighted by molar-refractivity contribution is 0.262. The maximum atomic E-state index is 13.3. The number of benzene rings is 1. The Kier molecular flexibility index (Phi) is 3.60. The molecule has 7 nitrogen and oxygen atoms in total. The molecule has 0 radical (unpaired) electrons. The van der Waals surface area contributed by atoms with E-state index in [0.717, 1.165) is 18.3 Å². The molecule has 0 aliphatic carbocycles. The Morgan fingerprint density at radius 2 is 1.80 bits per heavy atom. The van der Waals surface area contributed by atoms with Gasteiger partial charge in [-0.05, 0) is 12.1 Å². The predicted octanol–water partition coefficient (Wildman–Crippen LogP) is 0.985. The molecule has 2 aromatic rings. The third-order valence-electron chi connectivity index (χ3n) is 2.25. The van der Waals surface area contributed by atoms with Gasteiger partial charge < -0.3 is 15.6 Å². The molecule has 0 aliphatic rings. The molecule has 9 heteroatoms. The van der Waals surface area contributed by atoms with Gasteiger partial charge in [-0.1, -0.05) is 0 Å². The van der Waals surface area contributed by atoms with Gasteiger partial charge in [-0.25, -0.2) is 18.4 Å². The number of aromatic amines is 2. The van der Waals surface area contributed by atoms with E-state index in [1.165, 1.54) is 0 Å². The highest BCUT2D eigenvalue weighted by atomic mass is 19.1. The van der Waals surface area contributed by atoms with E-state index >= 15 is 0 Å². The van der Waals surface area contributed by atoms with Crippen LogP contribution in [0.15, 0.2) is 34.0 Å². The monoisotopic (exact) mass is 282 g/mol. The van der Waals surface area contributed by atoms with Gasteiger partial charge in [-0.2, -0.15) is 0 Å². The molecule has 0 bridgehead atoms. The van der Waals surface area contributed by atoms with Crippen LogP contribution < -0.4 is 21.9 Å². The lowest BCUT2D eigenvalue weighted by atomic mass is 10.3. The number of carbonyl (C=O) groups excluding carboxylic acids is 1. The van der Waals surface area contributed by atoms with Gasteiger partial charge in [0.15, 0.2) is 0 Å². The molecule has 1 heterocycles. The van der Waals surface area contributed by atoms with Gasteiger partial charge in [0.2, 0.25) is 0 Å². The first-order chi connectivity index (χ1) is 9.45. The largest absolute Gasteiger partial charge is 0.325 e. The van der Waals surface area contributed by atoms with Gasteiger partial charge in [0, 0.05) is 12.3 Å². The van der Waals surface area contributed by atoms with Crippen LogP contribution in [0.1, 0.15) is 0 Å². The predicted molar refractivity (Wildman–Crippen MR) is 66.7 cm³/mol. The average Bonchev–Trinajstić information content (AvgIpc) is 2.36. The zero-order valence-corrected chi connectivity index (χ0v) is 9.79. The van der Waals surface area contributed by atoms with Crippen LogP contribution in [0.25, 0.3) is 0 Å². The van der Waals surface area contributed by atoms with E-state index in [1.54, 1.807) is 0 Å². The number of nitrogens with one attached hydrogen (secondary N) is 4. The lowest BCUT2D eigenvalue weighted by Crippen LogP contribution is -2.28.